The number of carboxylic acids is 1. The normalized spacial score (nSPS) is 12.5. The second-order valence-electron chi connectivity index (χ2n) is 6.87. The smallest absolute Gasteiger partial charge is 0.307 e. The molecule has 1 heterocycles. The van der Waals surface area contributed by atoms with Gasteiger partial charge in [-0.15, -0.1) is 11.3 Å². The van der Waals surface area contributed by atoms with Gasteiger partial charge in [0.1, 0.15) is 0 Å². The molecular weight excluding hydrogens is 354 g/mol. The molecule has 0 radical (unpaired) electrons. The third-order valence-corrected chi connectivity index (χ3v) is 6.01. The van der Waals surface area contributed by atoms with Crippen LogP contribution in [0.1, 0.15) is 11.8 Å². The number of benzene rings is 3. The van der Waals surface area contributed by atoms with Crippen LogP contribution in [0, 0.1) is 5.92 Å². The molecule has 3 nitrogen and oxygen atoms in total. The Balaban J connectivity index is 1.63. The summed E-state index contributed by atoms with van der Waals surface area (Å²) >= 11 is 1.77. The van der Waals surface area contributed by atoms with Crippen molar-refractivity contribution in [1.29, 1.82) is 0 Å². The first kappa shape index (κ1) is 17.7. The van der Waals surface area contributed by atoms with E-state index in [1.165, 1.54) is 36.9 Å². The van der Waals surface area contributed by atoms with E-state index in [0.717, 1.165) is 0 Å². The van der Waals surface area contributed by atoms with E-state index in [0.29, 0.717) is 13.1 Å². The molecule has 0 fully saturated rings. The Bertz CT molecular complexity index is 1120. The molecule has 0 aliphatic heterocycles. The molecule has 1 atom stereocenters. The zero-order valence-corrected chi connectivity index (χ0v) is 15.9. The van der Waals surface area contributed by atoms with Crippen molar-refractivity contribution < 1.29 is 9.90 Å². The van der Waals surface area contributed by atoms with Crippen LogP contribution in [0.15, 0.2) is 66.7 Å². The van der Waals surface area contributed by atoms with Crippen LogP contribution >= 0.6 is 11.3 Å². The highest BCUT2D eigenvalue weighted by Gasteiger charge is 2.11. The van der Waals surface area contributed by atoms with Crippen molar-refractivity contribution in [2.24, 2.45) is 5.92 Å². The van der Waals surface area contributed by atoms with Crippen LogP contribution in [-0.4, -0.2) is 17.6 Å². The average molecular weight is 375 g/mol. The minimum Gasteiger partial charge on any atom is -0.481 e. The van der Waals surface area contributed by atoms with E-state index in [1.54, 1.807) is 18.3 Å². The summed E-state index contributed by atoms with van der Waals surface area (Å²) in [6.07, 6.45) is 0. The Hall–Kier alpha value is -2.69. The highest BCUT2D eigenvalue weighted by molar-refractivity contribution is 7.19. The monoisotopic (exact) mass is 375 g/mol. The van der Waals surface area contributed by atoms with Crippen LogP contribution in [0.3, 0.4) is 0 Å². The molecule has 3 aromatic carbocycles. The predicted octanol–water partition coefficient (Wildman–Crippen LogP) is 5.53. The van der Waals surface area contributed by atoms with Crippen molar-refractivity contribution in [1.82, 2.24) is 5.32 Å². The van der Waals surface area contributed by atoms with E-state index in [1.807, 2.05) is 0 Å². The first-order valence-corrected chi connectivity index (χ1v) is 9.87. The van der Waals surface area contributed by atoms with Gasteiger partial charge in [0, 0.05) is 22.7 Å². The van der Waals surface area contributed by atoms with Gasteiger partial charge >= 0.3 is 5.97 Å². The van der Waals surface area contributed by atoms with Crippen molar-refractivity contribution in [2.45, 2.75) is 13.5 Å². The second kappa shape index (κ2) is 7.51. The predicted molar refractivity (Wildman–Crippen MR) is 113 cm³/mol. The molecule has 0 saturated carbocycles. The first-order valence-electron chi connectivity index (χ1n) is 9.06. The van der Waals surface area contributed by atoms with Gasteiger partial charge in [0.2, 0.25) is 0 Å². The molecule has 0 amide bonds. The Morgan fingerprint density at radius 2 is 1.78 bits per heavy atom. The molecule has 0 spiro atoms. The maximum Gasteiger partial charge on any atom is 0.307 e. The summed E-state index contributed by atoms with van der Waals surface area (Å²) < 4.78 is 1.27. The fraction of sp³-hybridized carbons (Fsp3) is 0.174. The van der Waals surface area contributed by atoms with Crippen molar-refractivity contribution in [3.63, 3.8) is 0 Å². The molecule has 136 valence electrons. The summed E-state index contributed by atoms with van der Waals surface area (Å²) in [4.78, 5) is 12.2. The maximum absolute atomic E-state index is 10.9. The van der Waals surface area contributed by atoms with Gasteiger partial charge in [-0.3, -0.25) is 4.79 Å². The molecule has 1 unspecified atom stereocenters. The second-order valence-corrected chi connectivity index (χ2v) is 8.01. The standard InChI is InChI=1S/C23H21NO2S/c1-15(23(25)26)13-24-14-20-12-19-7-4-8-21(22(19)27-20)18-10-9-16-5-2-3-6-17(16)11-18/h2-12,15,24H,13-14H2,1H3,(H,25,26). The number of rotatable bonds is 6. The number of carboxylic acid groups (broad SMARTS) is 1. The van der Waals surface area contributed by atoms with Gasteiger partial charge in [-0.2, -0.15) is 0 Å². The summed E-state index contributed by atoms with van der Waals surface area (Å²) in [5, 5.41) is 16.0. The largest absolute Gasteiger partial charge is 0.481 e. The molecule has 2 N–H and O–H groups in total. The Morgan fingerprint density at radius 1 is 1.00 bits per heavy atom. The summed E-state index contributed by atoms with van der Waals surface area (Å²) in [7, 11) is 0. The van der Waals surface area contributed by atoms with Gasteiger partial charge in [-0.25, -0.2) is 0 Å². The fourth-order valence-electron chi connectivity index (χ4n) is 3.29. The SMILES string of the molecule is CC(CNCc1cc2cccc(-c3ccc4ccccc4c3)c2s1)C(=O)O. The number of hydrogen-bond donors (Lipinski definition) is 2. The molecule has 0 aliphatic rings. The highest BCUT2D eigenvalue weighted by Crippen LogP contribution is 2.36. The van der Waals surface area contributed by atoms with Crippen molar-refractivity contribution in [3.05, 3.63) is 71.6 Å². The van der Waals surface area contributed by atoms with Crippen LogP contribution in [0.25, 0.3) is 32.0 Å². The van der Waals surface area contributed by atoms with Crippen molar-refractivity contribution in [3.8, 4) is 11.1 Å². The van der Waals surface area contributed by atoms with E-state index in [-0.39, 0.29) is 5.92 Å². The van der Waals surface area contributed by atoms with Gasteiger partial charge in [0.15, 0.2) is 0 Å². The molecule has 4 heteroatoms. The lowest BCUT2D eigenvalue weighted by molar-refractivity contribution is -0.140. The van der Waals surface area contributed by atoms with E-state index in [4.69, 9.17) is 5.11 Å². The summed E-state index contributed by atoms with van der Waals surface area (Å²) in [6, 6.07) is 23.6. The van der Waals surface area contributed by atoms with Gasteiger partial charge in [0.25, 0.3) is 0 Å². The van der Waals surface area contributed by atoms with Gasteiger partial charge < -0.3 is 10.4 Å². The maximum atomic E-state index is 10.9. The number of thiophene rings is 1. The number of nitrogens with one attached hydrogen (secondary N) is 1. The van der Waals surface area contributed by atoms with E-state index >= 15 is 0 Å². The Labute approximate surface area is 162 Å². The van der Waals surface area contributed by atoms with Gasteiger partial charge in [0.05, 0.1) is 5.92 Å². The minimum atomic E-state index is -0.766. The lowest BCUT2D eigenvalue weighted by Crippen LogP contribution is -2.25. The fourth-order valence-corrected chi connectivity index (χ4v) is 4.45. The number of aliphatic carboxylic acids is 1. The summed E-state index contributed by atoms with van der Waals surface area (Å²) in [6.45, 7) is 2.88. The lowest BCUT2D eigenvalue weighted by Gasteiger charge is -2.06. The van der Waals surface area contributed by atoms with Crippen molar-refractivity contribution in [2.75, 3.05) is 6.54 Å². The third-order valence-electron chi connectivity index (χ3n) is 4.83. The van der Waals surface area contributed by atoms with Crippen LogP contribution in [0.5, 0.6) is 0 Å². The lowest BCUT2D eigenvalue weighted by atomic mass is 10.0. The van der Waals surface area contributed by atoms with Crippen LogP contribution in [0.4, 0.5) is 0 Å². The molecule has 27 heavy (non-hydrogen) atoms. The average Bonchev–Trinajstić information content (AvgIpc) is 3.10. The summed E-state index contributed by atoms with van der Waals surface area (Å²) in [5.41, 5.74) is 2.47. The minimum absolute atomic E-state index is 0.382. The highest BCUT2D eigenvalue weighted by atomic mass is 32.1. The Morgan fingerprint density at radius 3 is 2.59 bits per heavy atom. The van der Waals surface area contributed by atoms with Gasteiger partial charge in [-0.05, 0) is 39.4 Å². The Kier molecular flexibility index (Phi) is 4.92. The zero-order chi connectivity index (χ0) is 18.8. The first-order chi connectivity index (χ1) is 13.1. The molecule has 0 aliphatic carbocycles. The number of fused-ring (bicyclic) bond motifs is 2. The van der Waals surface area contributed by atoms with E-state index in [2.05, 4.69) is 72.0 Å². The van der Waals surface area contributed by atoms with Crippen molar-refractivity contribution >= 4 is 38.2 Å². The molecule has 4 rings (SSSR count). The van der Waals surface area contributed by atoms with E-state index < -0.39 is 5.97 Å². The van der Waals surface area contributed by atoms with Crippen LogP contribution < -0.4 is 5.32 Å². The van der Waals surface area contributed by atoms with Crippen LogP contribution in [-0.2, 0) is 11.3 Å². The molecule has 4 aromatic rings. The van der Waals surface area contributed by atoms with E-state index in [9.17, 15) is 4.79 Å². The number of carbonyl (C=O) groups is 1. The van der Waals surface area contributed by atoms with Gasteiger partial charge in [-0.1, -0.05) is 61.5 Å². The molecule has 0 bridgehead atoms. The third kappa shape index (κ3) is 3.72. The molecule has 0 saturated heterocycles. The molecule has 1 aromatic heterocycles. The quantitative estimate of drug-likeness (QED) is 0.466. The summed E-state index contributed by atoms with van der Waals surface area (Å²) in [5.74, 6) is -1.15. The van der Waals surface area contributed by atoms with Crippen LogP contribution in [0.2, 0.25) is 0 Å². The number of hydrogen-bond acceptors (Lipinski definition) is 3. The molecular formula is C23H21NO2S. The zero-order valence-electron chi connectivity index (χ0n) is 15.1. The topological polar surface area (TPSA) is 49.3 Å².